The van der Waals surface area contributed by atoms with Crippen LogP contribution in [0.3, 0.4) is 0 Å². The highest BCUT2D eigenvalue weighted by atomic mass is 15.0. The second-order valence-electron chi connectivity index (χ2n) is 12.6. The summed E-state index contributed by atoms with van der Waals surface area (Å²) in [6.07, 6.45) is 0. The molecule has 0 saturated carbocycles. The standard InChI is InChI=1S/C46H29N5/c1-4-16-30(17-5-1)44-48-45(31-18-6-2-7-19-31)50-46(49-44)36-29-28-35(33-22-10-11-23-34(33)36)42-41-38-25-13-15-27-40(38)51(32-20-8-3-9-21-32)43(41)37-24-12-14-26-39(37)47-42/h1-29H. The summed E-state index contributed by atoms with van der Waals surface area (Å²) in [5, 5.41) is 5.54. The fourth-order valence-corrected chi connectivity index (χ4v) is 7.35. The van der Waals surface area contributed by atoms with Gasteiger partial charge >= 0.3 is 0 Å². The van der Waals surface area contributed by atoms with Crippen molar-refractivity contribution in [1.29, 1.82) is 0 Å². The average molecular weight is 652 g/mol. The molecule has 0 unspecified atom stereocenters. The Balaban J connectivity index is 1.27. The molecule has 0 amide bonds. The smallest absolute Gasteiger partial charge is 0.164 e. The lowest BCUT2D eigenvalue weighted by Crippen LogP contribution is -2.01. The van der Waals surface area contributed by atoms with Gasteiger partial charge in [0.1, 0.15) is 0 Å². The Morgan fingerprint density at radius 3 is 1.51 bits per heavy atom. The van der Waals surface area contributed by atoms with Gasteiger partial charge in [0.05, 0.1) is 22.2 Å². The zero-order valence-electron chi connectivity index (χ0n) is 27.5. The number of rotatable bonds is 5. The van der Waals surface area contributed by atoms with Gasteiger partial charge in [-0.15, -0.1) is 0 Å². The highest BCUT2D eigenvalue weighted by Gasteiger charge is 2.22. The molecule has 0 aliphatic rings. The van der Waals surface area contributed by atoms with Gasteiger partial charge in [0.15, 0.2) is 17.5 Å². The summed E-state index contributed by atoms with van der Waals surface area (Å²) in [7, 11) is 0. The van der Waals surface area contributed by atoms with Gasteiger partial charge in [-0.1, -0.05) is 146 Å². The van der Waals surface area contributed by atoms with Gasteiger partial charge in [0.25, 0.3) is 0 Å². The maximum atomic E-state index is 5.44. The summed E-state index contributed by atoms with van der Waals surface area (Å²) in [4.78, 5) is 20.5. The van der Waals surface area contributed by atoms with Gasteiger partial charge in [-0.25, -0.2) is 19.9 Å². The first-order chi connectivity index (χ1) is 25.3. The third-order valence-corrected chi connectivity index (χ3v) is 9.64. The minimum absolute atomic E-state index is 0.628. The molecule has 0 bridgehead atoms. The third-order valence-electron chi connectivity index (χ3n) is 9.64. The number of hydrogen-bond acceptors (Lipinski definition) is 4. The van der Waals surface area contributed by atoms with Crippen molar-refractivity contribution in [1.82, 2.24) is 24.5 Å². The molecule has 238 valence electrons. The first kappa shape index (κ1) is 29.0. The van der Waals surface area contributed by atoms with Gasteiger partial charge < -0.3 is 4.57 Å². The van der Waals surface area contributed by atoms with E-state index in [9.17, 15) is 0 Å². The topological polar surface area (TPSA) is 56.5 Å². The second kappa shape index (κ2) is 11.9. The molecular weight excluding hydrogens is 623 g/mol. The molecule has 0 aliphatic carbocycles. The lowest BCUT2D eigenvalue weighted by Gasteiger charge is -2.15. The van der Waals surface area contributed by atoms with E-state index >= 15 is 0 Å². The lowest BCUT2D eigenvalue weighted by atomic mass is 9.94. The van der Waals surface area contributed by atoms with E-state index in [1.807, 2.05) is 60.7 Å². The molecule has 10 aromatic rings. The number of benzene rings is 7. The number of para-hydroxylation sites is 3. The van der Waals surface area contributed by atoms with Gasteiger partial charge in [-0.05, 0) is 41.1 Å². The molecule has 5 nitrogen and oxygen atoms in total. The van der Waals surface area contributed by atoms with E-state index in [4.69, 9.17) is 19.9 Å². The zero-order valence-corrected chi connectivity index (χ0v) is 27.5. The van der Waals surface area contributed by atoms with E-state index in [1.165, 1.54) is 0 Å². The van der Waals surface area contributed by atoms with Crippen LogP contribution in [0.1, 0.15) is 0 Å². The van der Waals surface area contributed by atoms with Crippen molar-refractivity contribution in [2.24, 2.45) is 0 Å². The van der Waals surface area contributed by atoms with Crippen molar-refractivity contribution >= 4 is 43.5 Å². The number of fused-ring (bicyclic) bond motifs is 6. The summed E-state index contributed by atoms with van der Waals surface area (Å²) in [5.74, 6) is 1.90. The monoisotopic (exact) mass is 651 g/mol. The van der Waals surface area contributed by atoms with Crippen LogP contribution < -0.4 is 0 Å². The predicted molar refractivity (Wildman–Crippen MR) is 209 cm³/mol. The maximum Gasteiger partial charge on any atom is 0.164 e. The van der Waals surface area contributed by atoms with E-state index in [-0.39, 0.29) is 0 Å². The van der Waals surface area contributed by atoms with Gasteiger partial charge in [0, 0.05) is 44.1 Å². The fourth-order valence-electron chi connectivity index (χ4n) is 7.35. The highest BCUT2D eigenvalue weighted by Crippen LogP contribution is 2.44. The Bertz CT molecular complexity index is 2840. The lowest BCUT2D eigenvalue weighted by molar-refractivity contribution is 1.08. The van der Waals surface area contributed by atoms with E-state index in [0.29, 0.717) is 17.5 Å². The number of aromatic nitrogens is 5. The van der Waals surface area contributed by atoms with E-state index in [1.54, 1.807) is 0 Å². The molecule has 0 N–H and O–H groups in total. The van der Waals surface area contributed by atoms with Gasteiger partial charge in [-0.2, -0.15) is 0 Å². The molecule has 3 aromatic heterocycles. The summed E-state index contributed by atoms with van der Waals surface area (Å²) in [6, 6.07) is 60.8. The molecule has 0 fully saturated rings. The maximum absolute atomic E-state index is 5.44. The van der Waals surface area contributed by atoms with Crippen molar-refractivity contribution in [2.75, 3.05) is 0 Å². The SMILES string of the molecule is c1ccc(-c2nc(-c3ccccc3)nc(-c3ccc(-c4nc5ccccc5c5c4c4ccccc4n5-c4ccccc4)c4ccccc34)n2)cc1. The Labute approximate surface area is 294 Å². The van der Waals surface area contributed by atoms with Crippen LogP contribution in [-0.4, -0.2) is 24.5 Å². The molecule has 0 radical (unpaired) electrons. The van der Waals surface area contributed by atoms with Crippen molar-refractivity contribution < 1.29 is 0 Å². The van der Waals surface area contributed by atoms with E-state index in [0.717, 1.165) is 77.1 Å². The number of pyridine rings is 1. The number of nitrogens with zero attached hydrogens (tertiary/aromatic N) is 5. The molecular formula is C46H29N5. The first-order valence-electron chi connectivity index (χ1n) is 17.1. The fraction of sp³-hybridized carbons (Fsp3) is 0. The normalized spacial score (nSPS) is 11.5. The van der Waals surface area contributed by atoms with Crippen LogP contribution in [0.4, 0.5) is 0 Å². The van der Waals surface area contributed by atoms with E-state index in [2.05, 4.69) is 120 Å². The van der Waals surface area contributed by atoms with Crippen LogP contribution in [0.15, 0.2) is 176 Å². The quantitative estimate of drug-likeness (QED) is 0.186. The third kappa shape index (κ3) is 4.78. The Morgan fingerprint density at radius 1 is 0.353 bits per heavy atom. The van der Waals surface area contributed by atoms with Crippen LogP contribution in [0.2, 0.25) is 0 Å². The number of hydrogen-bond donors (Lipinski definition) is 0. The first-order valence-corrected chi connectivity index (χ1v) is 17.1. The molecule has 0 spiro atoms. The van der Waals surface area contributed by atoms with Crippen molar-refractivity contribution in [3.05, 3.63) is 176 Å². The molecule has 0 saturated heterocycles. The second-order valence-corrected chi connectivity index (χ2v) is 12.6. The van der Waals surface area contributed by atoms with Crippen LogP contribution in [0.25, 0.3) is 94.6 Å². The van der Waals surface area contributed by atoms with Crippen LogP contribution in [-0.2, 0) is 0 Å². The predicted octanol–water partition coefficient (Wildman–Crippen LogP) is 11.3. The van der Waals surface area contributed by atoms with Crippen molar-refractivity contribution in [2.45, 2.75) is 0 Å². The van der Waals surface area contributed by atoms with Crippen molar-refractivity contribution in [3.63, 3.8) is 0 Å². The molecule has 7 aromatic carbocycles. The van der Waals surface area contributed by atoms with E-state index < -0.39 is 0 Å². The average Bonchev–Trinajstić information content (AvgIpc) is 3.57. The van der Waals surface area contributed by atoms with Gasteiger partial charge in [-0.3, -0.25) is 0 Å². The molecule has 3 heterocycles. The highest BCUT2D eigenvalue weighted by molar-refractivity contribution is 6.24. The Hall–Kier alpha value is -6.98. The Kier molecular flexibility index (Phi) is 6.74. The van der Waals surface area contributed by atoms with Crippen LogP contribution in [0.5, 0.6) is 0 Å². The molecule has 0 atom stereocenters. The zero-order chi connectivity index (χ0) is 33.7. The van der Waals surface area contributed by atoms with Crippen molar-refractivity contribution in [3.8, 4) is 51.1 Å². The molecule has 51 heavy (non-hydrogen) atoms. The minimum Gasteiger partial charge on any atom is -0.308 e. The summed E-state index contributed by atoms with van der Waals surface area (Å²) in [5.41, 5.74) is 9.18. The largest absolute Gasteiger partial charge is 0.308 e. The molecule has 5 heteroatoms. The Morgan fingerprint density at radius 2 is 0.843 bits per heavy atom. The van der Waals surface area contributed by atoms with Crippen LogP contribution in [0, 0.1) is 0 Å². The molecule has 0 aliphatic heterocycles. The summed E-state index contributed by atoms with van der Waals surface area (Å²) >= 11 is 0. The van der Waals surface area contributed by atoms with Crippen LogP contribution >= 0.6 is 0 Å². The molecule has 10 rings (SSSR count). The minimum atomic E-state index is 0.628. The summed E-state index contributed by atoms with van der Waals surface area (Å²) in [6.45, 7) is 0. The van der Waals surface area contributed by atoms with Gasteiger partial charge in [0.2, 0.25) is 0 Å². The summed E-state index contributed by atoms with van der Waals surface area (Å²) < 4.78 is 2.38.